The van der Waals surface area contributed by atoms with Crippen molar-refractivity contribution in [2.24, 2.45) is 0 Å². The highest BCUT2D eigenvalue weighted by Gasteiger charge is 2.32. The maximum atomic E-state index is 12.1. The summed E-state index contributed by atoms with van der Waals surface area (Å²) in [5, 5.41) is 10.9. The summed E-state index contributed by atoms with van der Waals surface area (Å²) in [7, 11) is 0. The van der Waals surface area contributed by atoms with Gasteiger partial charge in [0, 0.05) is 65.7 Å². The van der Waals surface area contributed by atoms with Crippen LogP contribution in [0, 0.1) is 0 Å². The maximum Gasteiger partial charge on any atom is 0.325 e. The molecule has 1 atom stereocenters. The van der Waals surface area contributed by atoms with Gasteiger partial charge in [-0.3, -0.25) is 9.69 Å². The molecule has 2 N–H and O–H groups in total. The van der Waals surface area contributed by atoms with Crippen LogP contribution in [0.1, 0.15) is 11.6 Å². The Morgan fingerprint density at radius 1 is 1.11 bits per heavy atom. The van der Waals surface area contributed by atoms with Crippen LogP contribution in [0.3, 0.4) is 0 Å². The minimum absolute atomic E-state index is 0.622. The summed E-state index contributed by atoms with van der Waals surface area (Å²) in [6.45, 7) is 2.60. The van der Waals surface area contributed by atoms with Crippen molar-refractivity contribution in [3.05, 3.63) is 51.3 Å². The SMILES string of the molecule is O=C(O)[C@@H](c1c[nH]c2ccc(Br)cc12)N1CCN(c2ncc(Br)cn2)CC1. The molecule has 1 fully saturated rings. The second-order valence-corrected chi connectivity index (χ2v) is 8.23. The first-order chi connectivity index (χ1) is 13.0. The van der Waals surface area contributed by atoms with E-state index in [1.54, 1.807) is 18.6 Å². The monoisotopic (exact) mass is 493 g/mol. The van der Waals surface area contributed by atoms with Crippen molar-refractivity contribution in [2.75, 3.05) is 31.1 Å². The van der Waals surface area contributed by atoms with Crippen molar-refractivity contribution in [3.8, 4) is 0 Å². The summed E-state index contributed by atoms with van der Waals surface area (Å²) < 4.78 is 1.76. The van der Waals surface area contributed by atoms with Gasteiger partial charge in [-0.1, -0.05) is 15.9 Å². The molecular weight excluding hydrogens is 478 g/mol. The van der Waals surface area contributed by atoms with Crippen LogP contribution in [0.15, 0.2) is 45.7 Å². The van der Waals surface area contributed by atoms with Crippen LogP contribution in [0.25, 0.3) is 10.9 Å². The fourth-order valence-corrected chi connectivity index (χ4v) is 4.04. The van der Waals surface area contributed by atoms with Crippen LogP contribution in [0.2, 0.25) is 0 Å². The number of fused-ring (bicyclic) bond motifs is 1. The molecule has 0 saturated carbocycles. The number of carbonyl (C=O) groups is 1. The molecule has 9 heteroatoms. The molecule has 0 aliphatic carbocycles. The minimum atomic E-state index is -0.843. The number of aromatic amines is 1. The lowest BCUT2D eigenvalue weighted by Gasteiger charge is -2.37. The van der Waals surface area contributed by atoms with Gasteiger partial charge in [-0.2, -0.15) is 0 Å². The van der Waals surface area contributed by atoms with E-state index in [1.807, 2.05) is 23.1 Å². The molecule has 1 aliphatic rings. The Hall–Kier alpha value is -1.97. The van der Waals surface area contributed by atoms with Gasteiger partial charge in [-0.25, -0.2) is 9.97 Å². The second-order valence-electron chi connectivity index (χ2n) is 6.40. The lowest BCUT2D eigenvalue weighted by atomic mass is 10.0. The number of nitrogens with one attached hydrogen (secondary N) is 1. The van der Waals surface area contributed by atoms with E-state index in [0.29, 0.717) is 32.1 Å². The number of aromatic nitrogens is 3. The number of hydrogen-bond donors (Lipinski definition) is 2. The fourth-order valence-electron chi connectivity index (χ4n) is 3.48. The first kappa shape index (κ1) is 18.4. The number of benzene rings is 1. The number of anilines is 1. The molecule has 0 spiro atoms. The van der Waals surface area contributed by atoms with Gasteiger partial charge in [0.05, 0.1) is 4.47 Å². The molecule has 2 aromatic heterocycles. The lowest BCUT2D eigenvalue weighted by Crippen LogP contribution is -2.49. The topological polar surface area (TPSA) is 85.4 Å². The highest BCUT2D eigenvalue weighted by molar-refractivity contribution is 9.10. The van der Waals surface area contributed by atoms with E-state index in [4.69, 9.17) is 0 Å². The third kappa shape index (κ3) is 3.71. The van der Waals surface area contributed by atoms with E-state index in [-0.39, 0.29) is 0 Å². The molecule has 0 amide bonds. The standard InChI is InChI=1S/C18H17Br2N5O2/c19-11-1-2-15-13(7-11)14(10-21-15)16(17(26)27)24-3-5-25(6-4-24)18-22-8-12(20)9-23-18/h1-2,7-10,16,21H,3-6H2,(H,26,27)/t16-/m1/s1. The third-order valence-corrected chi connectivity index (χ3v) is 5.68. The molecule has 27 heavy (non-hydrogen) atoms. The van der Waals surface area contributed by atoms with Crippen LogP contribution >= 0.6 is 31.9 Å². The van der Waals surface area contributed by atoms with Gasteiger partial charge < -0.3 is 15.0 Å². The summed E-state index contributed by atoms with van der Waals surface area (Å²) in [5.41, 5.74) is 1.72. The lowest BCUT2D eigenvalue weighted by molar-refractivity contribution is -0.143. The highest BCUT2D eigenvalue weighted by Crippen LogP contribution is 2.31. The summed E-state index contributed by atoms with van der Waals surface area (Å²) >= 11 is 6.81. The van der Waals surface area contributed by atoms with Gasteiger partial charge in [0.25, 0.3) is 0 Å². The molecule has 0 radical (unpaired) electrons. The zero-order chi connectivity index (χ0) is 19.0. The van der Waals surface area contributed by atoms with Crippen LogP contribution in [-0.4, -0.2) is 57.1 Å². The Morgan fingerprint density at radius 2 is 1.81 bits per heavy atom. The van der Waals surface area contributed by atoms with Crippen LogP contribution in [0.5, 0.6) is 0 Å². The minimum Gasteiger partial charge on any atom is -0.480 e. The van der Waals surface area contributed by atoms with E-state index in [2.05, 4.69) is 51.7 Å². The zero-order valence-electron chi connectivity index (χ0n) is 14.3. The number of rotatable bonds is 4. The number of H-pyrrole nitrogens is 1. The smallest absolute Gasteiger partial charge is 0.325 e. The van der Waals surface area contributed by atoms with E-state index in [0.717, 1.165) is 25.4 Å². The zero-order valence-corrected chi connectivity index (χ0v) is 17.4. The Balaban J connectivity index is 1.56. The summed E-state index contributed by atoms with van der Waals surface area (Å²) in [5.74, 6) is -0.176. The van der Waals surface area contributed by atoms with E-state index in [9.17, 15) is 9.90 Å². The van der Waals surface area contributed by atoms with Crippen molar-refractivity contribution in [3.63, 3.8) is 0 Å². The molecule has 1 aromatic carbocycles. The van der Waals surface area contributed by atoms with E-state index >= 15 is 0 Å². The number of piperazine rings is 1. The van der Waals surface area contributed by atoms with Crippen LogP contribution < -0.4 is 4.90 Å². The van der Waals surface area contributed by atoms with Gasteiger partial charge in [0.2, 0.25) is 5.95 Å². The van der Waals surface area contributed by atoms with Crippen molar-refractivity contribution < 1.29 is 9.90 Å². The van der Waals surface area contributed by atoms with E-state index in [1.165, 1.54) is 0 Å². The normalized spacial score (nSPS) is 16.6. The predicted octanol–water partition coefficient (Wildman–Crippen LogP) is 3.43. The molecule has 7 nitrogen and oxygen atoms in total. The summed E-state index contributed by atoms with van der Waals surface area (Å²) in [6.07, 6.45) is 5.25. The molecular formula is C18H17Br2N5O2. The van der Waals surface area contributed by atoms with Gasteiger partial charge in [0.1, 0.15) is 6.04 Å². The van der Waals surface area contributed by atoms with Crippen molar-refractivity contribution in [1.29, 1.82) is 0 Å². The number of halogens is 2. The molecule has 1 saturated heterocycles. The predicted molar refractivity (Wildman–Crippen MR) is 110 cm³/mol. The molecule has 3 heterocycles. The van der Waals surface area contributed by atoms with E-state index < -0.39 is 12.0 Å². The number of carboxylic acids is 1. The average Bonchev–Trinajstić information content (AvgIpc) is 3.06. The van der Waals surface area contributed by atoms with Crippen molar-refractivity contribution in [1.82, 2.24) is 19.9 Å². The largest absolute Gasteiger partial charge is 0.480 e. The van der Waals surface area contributed by atoms with Gasteiger partial charge in [-0.15, -0.1) is 0 Å². The molecule has 1 aliphatic heterocycles. The molecule has 3 aromatic rings. The molecule has 0 bridgehead atoms. The van der Waals surface area contributed by atoms with Gasteiger partial charge >= 0.3 is 5.97 Å². The number of carboxylic acid groups (broad SMARTS) is 1. The highest BCUT2D eigenvalue weighted by atomic mass is 79.9. The Morgan fingerprint density at radius 3 is 2.48 bits per heavy atom. The number of aliphatic carboxylic acids is 1. The first-order valence-electron chi connectivity index (χ1n) is 8.49. The Kier molecular flexibility index (Phi) is 5.16. The van der Waals surface area contributed by atoms with Crippen molar-refractivity contribution in [2.45, 2.75) is 6.04 Å². The van der Waals surface area contributed by atoms with Gasteiger partial charge in [-0.05, 0) is 34.1 Å². The third-order valence-electron chi connectivity index (χ3n) is 4.77. The maximum absolute atomic E-state index is 12.1. The quantitative estimate of drug-likeness (QED) is 0.578. The Bertz CT molecular complexity index is 968. The molecule has 140 valence electrons. The fraction of sp³-hybridized carbons (Fsp3) is 0.278. The summed E-state index contributed by atoms with van der Waals surface area (Å²) in [4.78, 5) is 28.0. The average molecular weight is 495 g/mol. The first-order valence-corrected chi connectivity index (χ1v) is 10.1. The van der Waals surface area contributed by atoms with Gasteiger partial charge in [0.15, 0.2) is 0 Å². The molecule has 0 unspecified atom stereocenters. The van der Waals surface area contributed by atoms with Crippen molar-refractivity contribution >= 4 is 54.7 Å². The number of hydrogen-bond acceptors (Lipinski definition) is 5. The number of nitrogens with zero attached hydrogens (tertiary/aromatic N) is 4. The van der Waals surface area contributed by atoms with Crippen LogP contribution in [-0.2, 0) is 4.79 Å². The van der Waals surface area contributed by atoms with Crippen LogP contribution in [0.4, 0.5) is 5.95 Å². The Labute approximate surface area is 172 Å². The second kappa shape index (κ2) is 7.57. The summed E-state index contributed by atoms with van der Waals surface area (Å²) in [6, 6.07) is 5.16. The molecule has 4 rings (SSSR count).